The minimum atomic E-state index is -0.161. The van der Waals surface area contributed by atoms with Crippen molar-refractivity contribution < 1.29 is 9.53 Å². The van der Waals surface area contributed by atoms with Crippen LogP contribution in [0, 0.1) is 0 Å². The van der Waals surface area contributed by atoms with E-state index >= 15 is 0 Å². The van der Waals surface area contributed by atoms with Gasteiger partial charge in [0.1, 0.15) is 12.0 Å². The van der Waals surface area contributed by atoms with Crippen LogP contribution in [0.4, 0.5) is 0 Å². The number of hydrogen-bond donors (Lipinski definition) is 0. The van der Waals surface area contributed by atoms with E-state index in [9.17, 15) is 4.79 Å². The van der Waals surface area contributed by atoms with Crippen LogP contribution in [0.5, 0.6) is 0 Å². The second-order valence-corrected chi connectivity index (χ2v) is 6.27. The SMILES string of the molecule is COCCN(Cc1ccncc1)C(=O)c1cc(C(C)C)n2ncnc2n1. The Morgan fingerprint density at radius 1 is 1.31 bits per heavy atom. The molecule has 0 aliphatic heterocycles. The highest BCUT2D eigenvalue weighted by atomic mass is 16.5. The van der Waals surface area contributed by atoms with Gasteiger partial charge < -0.3 is 9.64 Å². The highest BCUT2D eigenvalue weighted by Gasteiger charge is 2.21. The van der Waals surface area contributed by atoms with Crippen LogP contribution in [0.25, 0.3) is 5.78 Å². The van der Waals surface area contributed by atoms with Crippen molar-refractivity contribution in [3.8, 4) is 0 Å². The van der Waals surface area contributed by atoms with Crippen molar-refractivity contribution in [3.63, 3.8) is 0 Å². The van der Waals surface area contributed by atoms with Gasteiger partial charge in [-0.3, -0.25) is 9.78 Å². The number of methoxy groups -OCH3 is 1. The van der Waals surface area contributed by atoms with Crippen molar-refractivity contribution in [3.05, 3.63) is 53.9 Å². The summed E-state index contributed by atoms with van der Waals surface area (Å²) in [6.45, 7) is 5.46. The third-order valence-electron chi connectivity index (χ3n) is 4.07. The van der Waals surface area contributed by atoms with Gasteiger partial charge in [0.2, 0.25) is 0 Å². The van der Waals surface area contributed by atoms with Crippen molar-refractivity contribution >= 4 is 11.7 Å². The number of pyridine rings is 1. The van der Waals surface area contributed by atoms with Crippen LogP contribution in [-0.4, -0.2) is 55.6 Å². The number of fused-ring (bicyclic) bond motifs is 1. The first kappa shape index (κ1) is 17.9. The summed E-state index contributed by atoms with van der Waals surface area (Å²) < 4.78 is 6.83. The third-order valence-corrected chi connectivity index (χ3v) is 4.07. The van der Waals surface area contributed by atoms with Crippen LogP contribution in [-0.2, 0) is 11.3 Å². The Morgan fingerprint density at radius 3 is 2.77 bits per heavy atom. The van der Waals surface area contributed by atoms with E-state index in [0.29, 0.717) is 31.2 Å². The van der Waals surface area contributed by atoms with Gasteiger partial charge in [-0.1, -0.05) is 13.8 Å². The molecule has 0 aromatic carbocycles. The Bertz CT molecular complexity index is 878. The summed E-state index contributed by atoms with van der Waals surface area (Å²) in [7, 11) is 1.62. The maximum atomic E-state index is 13.1. The molecule has 8 heteroatoms. The molecule has 3 aromatic rings. The van der Waals surface area contributed by atoms with E-state index in [1.165, 1.54) is 6.33 Å². The smallest absolute Gasteiger partial charge is 0.273 e. The van der Waals surface area contributed by atoms with Crippen LogP contribution in [0.1, 0.15) is 41.5 Å². The summed E-state index contributed by atoms with van der Waals surface area (Å²) in [6.07, 6.45) is 4.87. The minimum absolute atomic E-state index is 0.161. The zero-order valence-electron chi connectivity index (χ0n) is 15.2. The topological polar surface area (TPSA) is 85.5 Å². The van der Waals surface area contributed by atoms with Crippen LogP contribution >= 0.6 is 0 Å². The first-order valence-corrected chi connectivity index (χ1v) is 8.48. The molecule has 0 spiro atoms. The van der Waals surface area contributed by atoms with E-state index in [2.05, 4.69) is 20.1 Å². The van der Waals surface area contributed by atoms with Gasteiger partial charge in [-0.15, -0.1) is 0 Å². The zero-order chi connectivity index (χ0) is 18.5. The summed E-state index contributed by atoms with van der Waals surface area (Å²) in [4.78, 5) is 27.4. The number of amides is 1. The van der Waals surface area contributed by atoms with E-state index < -0.39 is 0 Å². The molecule has 0 saturated heterocycles. The molecule has 3 heterocycles. The van der Waals surface area contributed by atoms with Gasteiger partial charge in [0.15, 0.2) is 0 Å². The van der Waals surface area contributed by atoms with Crippen LogP contribution in [0.15, 0.2) is 36.9 Å². The van der Waals surface area contributed by atoms with Crippen molar-refractivity contribution in [1.82, 2.24) is 29.5 Å². The number of ether oxygens (including phenoxy) is 1. The lowest BCUT2D eigenvalue weighted by atomic mass is 10.1. The fraction of sp³-hybridized carbons (Fsp3) is 0.389. The lowest BCUT2D eigenvalue weighted by Crippen LogP contribution is -2.34. The monoisotopic (exact) mass is 354 g/mol. The number of rotatable bonds is 7. The van der Waals surface area contributed by atoms with Gasteiger partial charge in [0.05, 0.1) is 12.3 Å². The molecule has 136 valence electrons. The highest BCUT2D eigenvalue weighted by molar-refractivity contribution is 5.92. The second-order valence-electron chi connectivity index (χ2n) is 6.27. The van der Waals surface area contributed by atoms with Gasteiger partial charge in [0, 0.05) is 32.6 Å². The van der Waals surface area contributed by atoms with Gasteiger partial charge in [-0.2, -0.15) is 10.1 Å². The van der Waals surface area contributed by atoms with E-state index in [0.717, 1.165) is 11.3 Å². The Balaban J connectivity index is 1.94. The Morgan fingerprint density at radius 2 is 2.08 bits per heavy atom. The normalized spacial score (nSPS) is 11.2. The summed E-state index contributed by atoms with van der Waals surface area (Å²) in [6, 6.07) is 5.57. The largest absolute Gasteiger partial charge is 0.383 e. The van der Waals surface area contributed by atoms with E-state index in [1.807, 2.05) is 26.0 Å². The molecule has 0 bridgehead atoms. The van der Waals surface area contributed by atoms with Gasteiger partial charge in [-0.05, 0) is 29.7 Å². The van der Waals surface area contributed by atoms with Crippen molar-refractivity contribution in [2.75, 3.05) is 20.3 Å². The first-order valence-electron chi connectivity index (χ1n) is 8.48. The van der Waals surface area contributed by atoms with Crippen molar-refractivity contribution in [2.24, 2.45) is 0 Å². The molecule has 0 aliphatic rings. The molecule has 0 N–H and O–H groups in total. The number of nitrogens with zero attached hydrogens (tertiary/aromatic N) is 6. The fourth-order valence-corrected chi connectivity index (χ4v) is 2.68. The van der Waals surface area contributed by atoms with Crippen molar-refractivity contribution in [2.45, 2.75) is 26.3 Å². The number of hydrogen-bond acceptors (Lipinski definition) is 6. The number of carbonyl (C=O) groups is 1. The molecule has 0 unspecified atom stereocenters. The molecule has 0 fully saturated rings. The average Bonchev–Trinajstić information content (AvgIpc) is 3.13. The molecule has 0 aliphatic carbocycles. The van der Waals surface area contributed by atoms with Gasteiger partial charge in [-0.25, -0.2) is 9.50 Å². The van der Waals surface area contributed by atoms with Gasteiger partial charge in [0.25, 0.3) is 11.7 Å². The number of carbonyl (C=O) groups excluding carboxylic acids is 1. The molecule has 26 heavy (non-hydrogen) atoms. The van der Waals surface area contributed by atoms with E-state index in [1.54, 1.807) is 35.0 Å². The average molecular weight is 354 g/mol. The lowest BCUT2D eigenvalue weighted by Gasteiger charge is -2.22. The zero-order valence-corrected chi connectivity index (χ0v) is 15.2. The maximum absolute atomic E-state index is 13.1. The summed E-state index contributed by atoms with van der Waals surface area (Å²) >= 11 is 0. The van der Waals surface area contributed by atoms with Crippen LogP contribution in [0.3, 0.4) is 0 Å². The molecule has 3 aromatic heterocycles. The molecule has 0 atom stereocenters. The predicted molar refractivity (Wildman–Crippen MR) is 95.7 cm³/mol. The Kier molecular flexibility index (Phi) is 5.52. The molecule has 1 amide bonds. The molecule has 0 radical (unpaired) electrons. The van der Waals surface area contributed by atoms with Gasteiger partial charge >= 0.3 is 0 Å². The lowest BCUT2D eigenvalue weighted by molar-refractivity contribution is 0.0674. The third kappa shape index (κ3) is 3.85. The van der Waals surface area contributed by atoms with E-state index in [-0.39, 0.29) is 11.8 Å². The predicted octanol–water partition coefficient (Wildman–Crippen LogP) is 1.93. The molecule has 3 rings (SSSR count). The summed E-state index contributed by atoms with van der Waals surface area (Å²) in [5.41, 5.74) is 2.25. The van der Waals surface area contributed by atoms with E-state index in [4.69, 9.17) is 4.74 Å². The Labute approximate surface area is 151 Å². The Hall–Kier alpha value is -2.87. The quantitative estimate of drug-likeness (QED) is 0.644. The van der Waals surface area contributed by atoms with Crippen molar-refractivity contribution in [1.29, 1.82) is 0 Å². The first-order chi connectivity index (χ1) is 12.6. The summed E-state index contributed by atoms with van der Waals surface area (Å²) in [5.74, 6) is 0.447. The highest BCUT2D eigenvalue weighted by Crippen LogP contribution is 2.17. The standard InChI is InChI=1S/C18H22N6O2/c1-13(2)16-10-15(22-18-20-12-21-24(16)18)17(25)23(8-9-26-3)11-14-4-6-19-7-5-14/h4-7,10,12-13H,8-9,11H2,1-3H3. The molecular weight excluding hydrogens is 332 g/mol. The van der Waals surface area contributed by atoms with Crippen LogP contribution in [0.2, 0.25) is 0 Å². The fourth-order valence-electron chi connectivity index (χ4n) is 2.68. The minimum Gasteiger partial charge on any atom is -0.383 e. The molecule has 0 saturated carbocycles. The maximum Gasteiger partial charge on any atom is 0.273 e. The summed E-state index contributed by atoms with van der Waals surface area (Å²) in [5, 5.41) is 4.19. The van der Waals surface area contributed by atoms with Crippen LogP contribution < -0.4 is 0 Å². The number of aromatic nitrogens is 5. The molecule has 8 nitrogen and oxygen atoms in total. The molecular formula is C18H22N6O2. The second kappa shape index (κ2) is 8.01.